The fraction of sp³-hybridized carbons (Fsp3) is 0.400. The summed E-state index contributed by atoms with van der Waals surface area (Å²) in [6.07, 6.45) is 2.39. The zero-order valence-corrected chi connectivity index (χ0v) is 8.34. The fourth-order valence-corrected chi connectivity index (χ4v) is 1.24. The summed E-state index contributed by atoms with van der Waals surface area (Å²) in [5, 5.41) is 0. The van der Waals surface area contributed by atoms with Crippen LogP contribution in [0.2, 0.25) is 0 Å². The van der Waals surface area contributed by atoms with Crippen LogP contribution in [0.3, 0.4) is 0 Å². The average molecular weight is 213 g/mol. The zero-order chi connectivity index (χ0) is 8.10. The van der Waals surface area contributed by atoms with Crippen molar-refractivity contribution in [3.63, 3.8) is 0 Å². The summed E-state index contributed by atoms with van der Waals surface area (Å²) in [6, 6.07) is 10.6. The number of hydrogen-bond acceptors (Lipinski definition) is 0. The Morgan fingerprint density at radius 1 is 1.27 bits per heavy atom. The highest BCUT2D eigenvalue weighted by Gasteiger charge is 1.95. The van der Waals surface area contributed by atoms with E-state index in [0.717, 1.165) is 0 Å². The van der Waals surface area contributed by atoms with E-state index in [1.165, 1.54) is 18.4 Å². The molecule has 0 N–H and O–H groups in total. The van der Waals surface area contributed by atoms with Crippen molar-refractivity contribution in [2.24, 2.45) is 0 Å². The molecule has 0 aliphatic carbocycles. The van der Waals surface area contributed by atoms with Crippen LogP contribution in [-0.4, -0.2) is 4.83 Å². The van der Waals surface area contributed by atoms with Crippen LogP contribution in [-0.2, 0) is 6.42 Å². The molecule has 0 unspecified atom stereocenters. The first-order chi connectivity index (χ1) is 5.29. The fourth-order valence-electron chi connectivity index (χ4n) is 1.01. The summed E-state index contributed by atoms with van der Waals surface area (Å²) in [5.74, 6) is 0. The maximum atomic E-state index is 3.53. The Kier molecular flexibility index (Phi) is 3.64. The van der Waals surface area contributed by atoms with E-state index in [4.69, 9.17) is 0 Å². The number of rotatable bonds is 3. The van der Waals surface area contributed by atoms with Crippen molar-refractivity contribution in [2.45, 2.75) is 24.6 Å². The van der Waals surface area contributed by atoms with E-state index in [1.54, 1.807) is 0 Å². The molecule has 0 aromatic heterocycles. The Morgan fingerprint density at radius 2 is 1.91 bits per heavy atom. The van der Waals surface area contributed by atoms with Crippen molar-refractivity contribution in [3.05, 3.63) is 35.9 Å². The molecule has 1 atom stereocenters. The van der Waals surface area contributed by atoms with Gasteiger partial charge in [0.05, 0.1) is 0 Å². The van der Waals surface area contributed by atoms with E-state index in [2.05, 4.69) is 53.2 Å². The molecule has 0 aliphatic rings. The Morgan fingerprint density at radius 3 is 2.45 bits per heavy atom. The largest absolute Gasteiger partial charge is 0.0894 e. The lowest BCUT2D eigenvalue weighted by molar-refractivity contribution is 0.822. The zero-order valence-electron chi connectivity index (χ0n) is 6.76. The van der Waals surface area contributed by atoms with Crippen LogP contribution in [0, 0.1) is 0 Å². The van der Waals surface area contributed by atoms with Crippen molar-refractivity contribution >= 4 is 15.9 Å². The van der Waals surface area contributed by atoms with Gasteiger partial charge >= 0.3 is 0 Å². The summed E-state index contributed by atoms with van der Waals surface area (Å²) in [7, 11) is 0. The quantitative estimate of drug-likeness (QED) is 0.675. The maximum Gasteiger partial charge on any atom is 0.0120 e. The van der Waals surface area contributed by atoms with E-state index in [1.807, 2.05) is 0 Å². The molecular weight excluding hydrogens is 200 g/mol. The van der Waals surface area contributed by atoms with Gasteiger partial charge in [-0.3, -0.25) is 0 Å². The van der Waals surface area contributed by atoms with E-state index >= 15 is 0 Å². The van der Waals surface area contributed by atoms with Gasteiger partial charge in [0.25, 0.3) is 0 Å². The third kappa shape index (κ3) is 3.57. The molecule has 1 heteroatoms. The maximum absolute atomic E-state index is 3.53. The minimum atomic E-state index is 0.628. The van der Waals surface area contributed by atoms with E-state index in [-0.39, 0.29) is 0 Å². The molecule has 0 saturated carbocycles. The first kappa shape index (κ1) is 8.79. The van der Waals surface area contributed by atoms with Crippen LogP contribution in [0.15, 0.2) is 30.3 Å². The predicted molar refractivity (Wildman–Crippen MR) is 53.2 cm³/mol. The lowest BCUT2D eigenvalue weighted by Gasteiger charge is -2.01. The average Bonchev–Trinajstić information content (AvgIpc) is 2.03. The molecule has 0 fully saturated rings. The van der Waals surface area contributed by atoms with Gasteiger partial charge in [-0.1, -0.05) is 53.2 Å². The molecule has 0 spiro atoms. The molecule has 0 amide bonds. The molecule has 1 aromatic carbocycles. The highest BCUT2D eigenvalue weighted by atomic mass is 79.9. The monoisotopic (exact) mass is 212 g/mol. The van der Waals surface area contributed by atoms with Crippen molar-refractivity contribution in [3.8, 4) is 0 Å². The molecule has 0 bridgehead atoms. The minimum Gasteiger partial charge on any atom is -0.0894 e. The summed E-state index contributed by atoms with van der Waals surface area (Å²) >= 11 is 3.53. The highest BCUT2D eigenvalue weighted by Crippen LogP contribution is 2.09. The smallest absolute Gasteiger partial charge is 0.0120 e. The topological polar surface area (TPSA) is 0 Å². The van der Waals surface area contributed by atoms with Gasteiger partial charge in [-0.2, -0.15) is 0 Å². The van der Waals surface area contributed by atoms with Crippen LogP contribution >= 0.6 is 15.9 Å². The number of aryl methyl sites for hydroxylation is 1. The number of hydrogen-bond donors (Lipinski definition) is 0. The van der Waals surface area contributed by atoms with Crippen LogP contribution in [0.25, 0.3) is 0 Å². The van der Waals surface area contributed by atoms with Crippen LogP contribution < -0.4 is 0 Å². The van der Waals surface area contributed by atoms with E-state index < -0.39 is 0 Å². The molecule has 60 valence electrons. The van der Waals surface area contributed by atoms with E-state index in [9.17, 15) is 0 Å². The van der Waals surface area contributed by atoms with Gasteiger partial charge in [-0.05, 0) is 18.4 Å². The van der Waals surface area contributed by atoms with Crippen molar-refractivity contribution < 1.29 is 0 Å². The standard InChI is InChI=1S/C10H13Br/c1-9(11)7-8-10-5-3-2-4-6-10/h2-6,9H,7-8H2,1H3/t9-/m0/s1. The van der Waals surface area contributed by atoms with Crippen molar-refractivity contribution in [1.29, 1.82) is 0 Å². The Labute approximate surface area is 76.8 Å². The second-order valence-electron chi connectivity index (χ2n) is 2.81. The predicted octanol–water partition coefficient (Wildman–Crippen LogP) is 3.40. The molecule has 0 saturated heterocycles. The summed E-state index contributed by atoms with van der Waals surface area (Å²) in [4.78, 5) is 0.628. The summed E-state index contributed by atoms with van der Waals surface area (Å²) in [6.45, 7) is 2.18. The summed E-state index contributed by atoms with van der Waals surface area (Å²) < 4.78 is 0. The first-order valence-electron chi connectivity index (χ1n) is 3.97. The Hall–Kier alpha value is -0.300. The molecule has 11 heavy (non-hydrogen) atoms. The SMILES string of the molecule is C[C@H](Br)CCc1ccccc1. The molecule has 0 radical (unpaired) electrons. The van der Waals surface area contributed by atoms with Crippen molar-refractivity contribution in [2.75, 3.05) is 0 Å². The van der Waals surface area contributed by atoms with Gasteiger partial charge in [0.2, 0.25) is 0 Å². The van der Waals surface area contributed by atoms with Crippen LogP contribution in [0.4, 0.5) is 0 Å². The molecular formula is C10H13Br. The van der Waals surface area contributed by atoms with Crippen LogP contribution in [0.1, 0.15) is 18.9 Å². The lowest BCUT2D eigenvalue weighted by Crippen LogP contribution is -1.93. The number of benzene rings is 1. The molecule has 1 rings (SSSR count). The first-order valence-corrected chi connectivity index (χ1v) is 4.88. The van der Waals surface area contributed by atoms with Crippen molar-refractivity contribution in [1.82, 2.24) is 0 Å². The van der Waals surface area contributed by atoms with Gasteiger partial charge in [0, 0.05) is 4.83 Å². The van der Waals surface area contributed by atoms with E-state index in [0.29, 0.717) is 4.83 Å². The molecule has 1 aromatic rings. The van der Waals surface area contributed by atoms with Gasteiger partial charge in [0.1, 0.15) is 0 Å². The lowest BCUT2D eigenvalue weighted by atomic mass is 10.1. The second kappa shape index (κ2) is 4.55. The third-order valence-electron chi connectivity index (χ3n) is 1.67. The molecule has 0 aliphatic heterocycles. The van der Waals surface area contributed by atoms with Gasteiger partial charge in [-0.15, -0.1) is 0 Å². The normalized spacial score (nSPS) is 12.9. The van der Waals surface area contributed by atoms with Gasteiger partial charge in [0.15, 0.2) is 0 Å². The van der Waals surface area contributed by atoms with Crippen LogP contribution in [0.5, 0.6) is 0 Å². The number of alkyl halides is 1. The summed E-state index contributed by atoms with van der Waals surface area (Å²) in [5.41, 5.74) is 1.43. The van der Waals surface area contributed by atoms with Gasteiger partial charge in [-0.25, -0.2) is 0 Å². The molecule has 0 heterocycles. The van der Waals surface area contributed by atoms with Gasteiger partial charge < -0.3 is 0 Å². The highest BCUT2D eigenvalue weighted by molar-refractivity contribution is 9.09. The Balaban J connectivity index is 2.39. The number of halogens is 1. The minimum absolute atomic E-state index is 0.628. The molecule has 0 nitrogen and oxygen atoms in total. The second-order valence-corrected chi connectivity index (χ2v) is 4.37. The third-order valence-corrected chi connectivity index (χ3v) is 2.13. The Bertz CT molecular complexity index is 191.